The Morgan fingerprint density at radius 2 is 1.93 bits per heavy atom. The zero-order valence-electron chi connectivity index (χ0n) is 17.4. The highest BCUT2D eigenvalue weighted by molar-refractivity contribution is 7.10. The van der Waals surface area contributed by atoms with Crippen molar-refractivity contribution in [1.29, 1.82) is 0 Å². The molecular formula is C23H33N5S. The number of rotatable bonds is 7. The van der Waals surface area contributed by atoms with Gasteiger partial charge in [-0.1, -0.05) is 24.3 Å². The third-order valence-corrected chi connectivity index (χ3v) is 7.08. The van der Waals surface area contributed by atoms with Gasteiger partial charge in [0.25, 0.3) is 0 Å². The van der Waals surface area contributed by atoms with Gasteiger partial charge in [-0.05, 0) is 61.8 Å². The van der Waals surface area contributed by atoms with E-state index in [2.05, 4.69) is 73.3 Å². The number of para-hydroxylation sites is 1. The summed E-state index contributed by atoms with van der Waals surface area (Å²) in [4.78, 5) is 11.0. The average molecular weight is 412 g/mol. The Bertz CT molecular complexity index is 755. The Balaban J connectivity index is 1.26. The van der Waals surface area contributed by atoms with Gasteiger partial charge in [0.1, 0.15) is 0 Å². The number of hydrogen-bond donors (Lipinski definition) is 2. The maximum atomic E-state index is 4.47. The van der Waals surface area contributed by atoms with Gasteiger partial charge < -0.3 is 15.5 Å². The molecule has 0 bridgehead atoms. The molecule has 156 valence electrons. The number of benzene rings is 1. The first-order valence-corrected chi connectivity index (χ1v) is 11.7. The van der Waals surface area contributed by atoms with Gasteiger partial charge in [0.05, 0.1) is 6.04 Å². The van der Waals surface area contributed by atoms with Crippen molar-refractivity contribution in [1.82, 2.24) is 15.5 Å². The molecule has 0 amide bonds. The van der Waals surface area contributed by atoms with Crippen LogP contribution in [0.15, 0.2) is 52.8 Å². The van der Waals surface area contributed by atoms with Crippen molar-refractivity contribution in [2.24, 2.45) is 10.9 Å². The molecule has 2 aliphatic rings. The van der Waals surface area contributed by atoms with Crippen LogP contribution >= 0.6 is 11.3 Å². The van der Waals surface area contributed by atoms with Gasteiger partial charge in [-0.2, -0.15) is 0 Å². The third-order valence-electron chi connectivity index (χ3n) is 6.10. The Morgan fingerprint density at radius 1 is 1.10 bits per heavy atom. The van der Waals surface area contributed by atoms with E-state index in [1.165, 1.54) is 42.9 Å². The van der Waals surface area contributed by atoms with E-state index >= 15 is 0 Å². The van der Waals surface area contributed by atoms with Crippen molar-refractivity contribution >= 4 is 23.0 Å². The summed E-state index contributed by atoms with van der Waals surface area (Å²) >= 11 is 1.86. The molecule has 0 radical (unpaired) electrons. The van der Waals surface area contributed by atoms with Gasteiger partial charge in [0, 0.05) is 43.8 Å². The van der Waals surface area contributed by atoms with E-state index in [4.69, 9.17) is 0 Å². The van der Waals surface area contributed by atoms with E-state index in [0.717, 1.165) is 32.1 Å². The minimum absolute atomic E-state index is 0.441. The highest BCUT2D eigenvalue weighted by Crippen LogP contribution is 2.28. The van der Waals surface area contributed by atoms with E-state index < -0.39 is 0 Å². The smallest absolute Gasteiger partial charge is 0.191 e. The van der Waals surface area contributed by atoms with Crippen molar-refractivity contribution in [3.63, 3.8) is 0 Å². The van der Waals surface area contributed by atoms with Crippen LogP contribution in [0.3, 0.4) is 0 Å². The molecule has 2 unspecified atom stereocenters. The molecule has 3 heterocycles. The lowest BCUT2D eigenvalue weighted by atomic mass is 10.1. The normalized spacial score (nSPS) is 21.5. The van der Waals surface area contributed by atoms with E-state index in [1.807, 2.05) is 18.4 Å². The molecule has 2 atom stereocenters. The summed E-state index contributed by atoms with van der Waals surface area (Å²) in [7, 11) is 1.87. The van der Waals surface area contributed by atoms with Crippen molar-refractivity contribution in [3.8, 4) is 0 Å². The third kappa shape index (κ3) is 5.31. The molecule has 29 heavy (non-hydrogen) atoms. The summed E-state index contributed by atoms with van der Waals surface area (Å²) in [6.45, 7) is 6.52. The van der Waals surface area contributed by atoms with Crippen LogP contribution in [0.1, 0.15) is 30.2 Å². The fourth-order valence-electron chi connectivity index (χ4n) is 4.47. The summed E-state index contributed by atoms with van der Waals surface area (Å²) in [5.41, 5.74) is 1.34. The van der Waals surface area contributed by atoms with Crippen LogP contribution in [0.2, 0.25) is 0 Å². The van der Waals surface area contributed by atoms with Crippen molar-refractivity contribution in [3.05, 3.63) is 52.7 Å². The molecule has 4 rings (SSSR count). The van der Waals surface area contributed by atoms with E-state index in [-0.39, 0.29) is 0 Å². The fraction of sp³-hybridized carbons (Fsp3) is 0.522. The molecule has 2 N–H and O–H groups in total. The molecule has 1 aromatic heterocycles. The predicted molar refractivity (Wildman–Crippen MR) is 124 cm³/mol. The second-order valence-electron chi connectivity index (χ2n) is 8.04. The Morgan fingerprint density at radius 3 is 2.66 bits per heavy atom. The summed E-state index contributed by atoms with van der Waals surface area (Å²) in [5, 5.41) is 9.35. The van der Waals surface area contributed by atoms with Crippen LogP contribution < -0.4 is 15.5 Å². The van der Waals surface area contributed by atoms with Crippen LogP contribution in [-0.2, 0) is 0 Å². The van der Waals surface area contributed by atoms with Crippen LogP contribution in [-0.4, -0.2) is 57.2 Å². The molecular weight excluding hydrogens is 378 g/mol. The number of nitrogens with one attached hydrogen (secondary N) is 2. The number of guanidine groups is 1. The van der Waals surface area contributed by atoms with Gasteiger partial charge in [-0.25, -0.2) is 0 Å². The maximum Gasteiger partial charge on any atom is 0.191 e. The van der Waals surface area contributed by atoms with Crippen LogP contribution in [0, 0.1) is 5.92 Å². The Kier molecular flexibility index (Phi) is 7.06. The fourth-order valence-corrected chi connectivity index (χ4v) is 5.33. The minimum Gasteiger partial charge on any atom is -0.371 e. The van der Waals surface area contributed by atoms with Crippen LogP contribution in [0.5, 0.6) is 0 Å². The second-order valence-corrected chi connectivity index (χ2v) is 9.02. The van der Waals surface area contributed by atoms with Crippen molar-refractivity contribution in [2.75, 3.05) is 51.2 Å². The molecule has 2 fully saturated rings. The summed E-state index contributed by atoms with van der Waals surface area (Å²) < 4.78 is 0. The first-order valence-electron chi connectivity index (χ1n) is 10.9. The van der Waals surface area contributed by atoms with Gasteiger partial charge in [-0.3, -0.25) is 9.89 Å². The first kappa shape index (κ1) is 20.2. The molecule has 2 saturated heterocycles. The second kappa shape index (κ2) is 10.1. The van der Waals surface area contributed by atoms with Gasteiger partial charge >= 0.3 is 0 Å². The zero-order chi connectivity index (χ0) is 19.9. The highest BCUT2D eigenvalue weighted by atomic mass is 32.1. The van der Waals surface area contributed by atoms with E-state index in [9.17, 15) is 0 Å². The maximum absolute atomic E-state index is 4.47. The Labute approximate surface area is 178 Å². The lowest BCUT2D eigenvalue weighted by Gasteiger charge is -2.28. The topological polar surface area (TPSA) is 42.9 Å². The summed E-state index contributed by atoms with van der Waals surface area (Å²) in [5.74, 6) is 1.57. The molecule has 6 heteroatoms. The predicted octanol–water partition coefficient (Wildman–Crippen LogP) is 3.58. The number of likely N-dealkylation sites (tertiary alicyclic amines) is 1. The molecule has 0 aliphatic carbocycles. The number of thiophene rings is 1. The monoisotopic (exact) mass is 411 g/mol. The van der Waals surface area contributed by atoms with E-state index in [1.54, 1.807) is 0 Å². The summed E-state index contributed by atoms with van der Waals surface area (Å²) in [6.07, 6.45) is 3.85. The standard InChI is InChI=1S/C23H33N5S/c1-24-23(25-16-19-11-14-28(18-19)20-8-3-2-4-9-20)26-17-21(22-10-7-15-29-22)27-12-5-6-13-27/h2-4,7-10,15,19,21H,5-6,11-14,16-18H2,1H3,(H2,24,25,26). The van der Waals surface area contributed by atoms with E-state index in [0.29, 0.717) is 12.0 Å². The number of nitrogens with zero attached hydrogens (tertiary/aromatic N) is 3. The number of anilines is 1. The Hall–Kier alpha value is -2.05. The van der Waals surface area contributed by atoms with Crippen LogP contribution in [0.4, 0.5) is 5.69 Å². The number of aliphatic imine (C=N–C) groups is 1. The van der Waals surface area contributed by atoms with Crippen molar-refractivity contribution in [2.45, 2.75) is 25.3 Å². The van der Waals surface area contributed by atoms with Gasteiger partial charge in [-0.15, -0.1) is 11.3 Å². The molecule has 1 aromatic carbocycles. The molecule has 0 saturated carbocycles. The minimum atomic E-state index is 0.441. The quantitative estimate of drug-likeness (QED) is 0.540. The lowest BCUT2D eigenvalue weighted by molar-refractivity contribution is 0.249. The lowest BCUT2D eigenvalue weighted by Crippen LogP contribution is -2.44. The zero-order valence-corrected chi connectivity index (χ0v) is 18.2. The molecule has 2 aromatic rings. The van der Waals surface area contributed by atoms with Gasteiger partial charge in [0.15, 0.2) is 5.96 Å². The summed E-state index contributed by atoms with van der Waals surface area (Å²) in [6, 6.07) is 15.6. The average Bonchev–Trinajstić information content (AvgIpc) is 3.54. The molecule has 5 nitrogen and oxygen atoms in total. The first-order chi connectivity index (χ1) is 14.3. The highest BCUT2D eigenvalue weighted by Gasteiger charge is 2.25. The van der Waals surface area contributed by atoms with Crippen LogP contribution in [0.25, 0.3) is 0 Å². The van der Waals surface area contributed by atoms with Crippen molar-refractivity contribution < 1.29 is 0 Å². The molecule has 2 aliphatic heterocycles. The molecule has 0 spiro atoms. The SMILES string of the molecule is CN=C(NCC1CCN(c2ccccc2)C1)NCC(c1cccs1)N1CCCC1. The van der Waals surface area contributed by atoms with Gasteiger partial charge in [0.2, 0.25) is 0 Å². The number of hydrogen-bond acceptors (Lipinski definition) is 4. The largest absolute Gasteiger partial charge is 0.371 e.